The zero-order chi connectivity index (χ0) is 10.4. The van der Waals surface area contributed by atoms with Gasteiger partial charge in [-0.2, -0.15) is 0 Å². The van der Waals surface area contributed by atoms with Gasteiger partial charge in [0.1, 0.15) is 15.7 Å². The highest BCUT2D eigenvalue weighted by atomic mass is 15.1. The summed E-state index contributed by atoms with van der Waals surface area (Å²) in [6.07, 6.45) is 2.83. The van der Waals surface area contributed by atoms with Crippen LogP contribution in [-0.4, -0.2) is 40.7 Å². The topological polar surface area (TPSA) is 3.24 Å². The maximum atomic E-state index is 5.37. The van der Waals surface area contributed by atoms with Crippen LogP contribution in [0.3, 0.4) is 0 Å². The summed E-state index contributed by atoms with van der Waals surface area (Å²) in [7, 11) is 12.9. The summed E-state index contributed by atoms with van der Waals surface area (Å²) in [6.45, 7) is 2.64. The fraction of sp³-hybridized carbons (Fsp3) is 0.455. The standard InChI is InChI=1S/C6H4B2.C5H11N/c7-5-1-2-6(8)4-3-5;1-6-4-2-3-5-6/h1-4H;2-5H2,1H3. The normalized spacial score (nSPS) is 16.1. The van der Waals surface area contributed by atoms with Gasteiger partial charge in [-0.25, -0.2) is 0 Å². The van der Waals surface area contributed by atoms with Gasteiger partial charge in [-0.1, -0.05) is 35.2 Å². The second-order valence-electron chi connectivity index (χ2n) is 3.68. The summed E-state index contributed by atoms with van der Waals surface area (Å²) >= 11 is 0. The average molecular weight is 183 g/mol. The van der Waals surface area contributed by atoms with E-state index in [9.17, 15) is 0 Å². The second-order valence-corrected chi connectivity index (χ2v) is 3.68. The van der Waals surface area contributed by atoms with Crippen molar-refractivity contribution in [2.45, 2.75) is 12.8 Å². The predicted molar refractivity (Wildman–Crippen MR) is 63.9 cm³/mol. The Balaban J connectivity index is 0.000000146. The van der Waals surface area contributed by atoms with Gasteiger partial charge in [-0.3, -0.25) is 0 Å². The van der Waals surface area contributed by atoms with Gasteiger partial charge < -0.3 is 4.90 Å². The van der Waals surface area contributed by atoms with E-state index in [1.54, 1.807) is 24.3 Å². The largest absolute Gasteiger partial charge is 0.306 e. The first-order valence-electron chi connectivity index (χ1n) is 4.98. The molecule has 0 N–H and O–H groups in total. The van der Waals surface area contributed by atoms with Crippen LogP contribution in [0.4, 0.5) is 0 Å². The van der Waals surface area contributed by atoms with E-state index in [0.717, 1.165) is 10.9 Å². The van der Waals surface area contributed by atoms with Crippen LogP contribution in [-0.2, 0) is 0 Å². The van der Waals surface area contributed by atoms with Crippen LogP contribution >= 0.6 is 0 Å². The molecule has 1 aromatic carbocycles. The summed E-state index contributed by atoms with van der Waals surface area (Å²) in [5.41, 5.74) is 1.50. The van der Waals surface area contributed by atoms with Crippen LogP contribution in [0.5, 0.6) is 0 Å². The van der Waals surface area contributed by atoms with Crippen molar-refractivity contribution >= 4 is 26.6 Å². The molecule has 1 heterocycles. The van der Waals surface area contributed by atoms with Crippen molar-refractivity contribution < 1.29 is 0 Å². The second kappa shape index (κ2) is 5.92. The Hall–Kier alpha value is -0.690. The molecule has 1 saturated heterocycles. The number of benzene rings is 1. The van der Waals surface area contributed by atoms with Crippen molar-refractivity contribution in [1.82, 2.24) is 4.90 Å². The molecule has 0 unspecified atom stereocenters. The molecule has 0 spiro atoms. The van der Waals surface area contributed by atoms with Crippen molar-refractivity contribution in [1.29, 1.82) is 0 Å². The zero-order valence-corrected chi connectivity index (χ0v) is 8.74. The summed E-state index contributed by atoms with van der Waals surface area (Å²) in [6, 6.07) is 7.09. The molecule has 1 aliphatic rings. The number of nitrogens with zero attached hydrogens (tertiary/aromatic N) is 1. The van der Waals surface area contributed by atoms with Crippen molar-refractivity contribution in [2.24, 2.45) is 0 Å². The highest BCUT2D eigenvalue weighted by Gasteiger charge is 2.03. The van der Waals surface area contributed by atoms with Gasteiger partial charge in [0.25, 0.3) is 0 Å². The molecule has 0 bridgehead atoms. The van der Waals surface area contributed by atoms with E-state index in [0.29, 0.717) is 0 Å². The van der Waals surface area contributed by atoms with Crippen molar-refractivity contribution in [3.8, 4) is 0 Å². The molecule has 0 aromatic heterocycles. The minimum absolute atomic E-state index is 0.749. The Bertz CT molecular complexity index is 231. The lowest BCUT2D eigenvalue weighted by Crippen LogP contribution is -2.10. The summed E-state index contributed by atoms with van der Waals surface area (Å²) in [5.74, 6) is 0. The Morgan fingerprint density at radius 2 is 1.29 bits per heavy atom. The SMILES string of the molecule is CN1CCCC1.[B]c1ccc([B])cc1. The smallest absolute Gasteiger partial charge is 0.113 e. The quantitative estimate of drug-likeness (QED) is 0.511. The molecule has 1 fully saturated rings. The van der Waals surface area contributed by atoms with E-state index in [-0.39, 0.29) is 0 Å². The van der Waals surface area contributed by atoms with Crippen LogP contribution < -0.4 is 10.9 Å². The molecule has 4 radical (unpaired) electrons. The third-order valence-corrected chi connectivity index (χ3v) is 2.27. The third-order valence-electron chi connectivity index (χ3n) is 2.27. The van der Waals surface area contributed by atoms with Crippen molar-refractivity contribution in [2.75, 3.05) is 20.1 Å². The van der Waals surface area contributed by atoms with Crippen LogP contribution in [0, 0.1) is 0 Å². The van der Waals surface area contributed by atoms with Gasteiger partial charge in [-0.15, -0.1) is 0 Å². The number of likely N-dealkylation sites (tertiary alicyclic amines) is 1. The zero-order valence-electron chi connectivity index (χ0n) is 8.74. The number of hydrogen-bond acceptors (Lipinski definition) is 1. The average Bonchev–Trinajstić information content (AvgIpc) is 2.63. The summed E-state index contributed by atoms with van der Waals surface area (Å²) in [5, 5.41) is 0. The number of rotatable bonds is 0. The van der Waals surface area contributed by atoms with E-state index < -0.39 is 0 Å². The maximum Gasteiger partial charge on any atom is 0.113 e. The van der Waals surface area contributed by atoms with Gasteiger partial charge in [0.05, 0.1) is 0 Å². The first-order valence-corrected chi connectivity index (χ1v) is 4.98. The first kappa shape index (κ1) is 11.4. The molecular formula is C11H15B2N. The van der Waals surface area contributed by atoms with Gasteiger partial charge in [0.15, 0.2) is 0 Å². The van der Waals surface area contributed by atoms with Gasteiger partial charge in [0.2, 0.25) is 0 Å². The Morgan fingerprint density at radius 1 is 0.929 bits per heavy atom. The summed E-state index contributed by atoms with van der Waals surface area (Å²) in [4.78, 5) is 2.36. The van der Waals surface area contributed by atoms with E-state index in [1.165, 1.54) is 25.9 Å². The maximum absolute atomic E-state index is 5.37. The molecule has 3 heteroatoms. The molecule has 0 saturated carbocycles. The van der Waals surface area contributed by atoms with E-state index in [1.807, 2.05) is 0 Å². The van der Waals surface area contributed by atoms with Crippen LogP contribution in [0.2, 0.25) is 0 Å². The van der Waals surface area contributed by atoms with Gasteiger partial charge in [0, 0.05) is 0 Å². The molecule has 1 aromatic rings. The van der Waals surface area contributed by atoms with Crippen molar-refractivity contribution in [3.63, 3.8) is 0 Å². The van der Waals surface area contributed by atoms with Crippen LogP contribution in [0.15, 0.2) is 24.3 Å². The highest BCUT2D eigenvalue weighted by molar-refractivity contribution is 6.35. The lowest BCUT2D eigenvalue weighted by molar-refractivity contribution is 0.418. The Labute approximate surface area is 89.3 Å². The Kier molecular flexibility index (Phi) is 4.81. The van der Waals surface area contributed by atoms with Gasteiger partial charge >= 0.3 is 0 Å². The van der Waals surface area contributed by atoms with E-state index in [2.05, 4.69) is 11.9 Å². The minimum atomic E-state index is 0.749. The highest BCUT2D eigenvalue weighted by Crippen LogP contribution is 2.02. The molecule has 1 nitrogen and oxygen atoms in total. The minimum Gasteiger partial charge on any atom is -0.306 e. The van der Waals surface area contributed by atoms with E-state index >= 15 is 0 Å². The molecular weight excluding hydrogens is 168 g/mol. The van der Waals surface area contributed by atoms with Crippen LogP contribution in [0.1, 0.15) is 12.8 Å². The first-order chi connectivity index (χ1) is 6.68. The molecule has 0 amide bonds. The monoisotopic (exact) mass is 183 g/mol. The molecule has 2 rings (SSSR count). The molecule has 0 atom stereocenters. The Morgan fingerprint density at radius 3 is 1.50 bits per heavy atom. The lowest BCUT2D eigenvalue weighted by Gasteiger charge is -2.01. The fourth-order valence-electron chi connectivity index (χ4n) is 1.37. The number of hydrogen-bond donors (Lipinski definition) is 0. The third kappa shape index (κ3) is 4.52. The predicted octanol–water partition coefficient (Wildman–Crippen LogP) is -0.0138. The fourth-order valence-corrected chi connectivity index (χ4v) is 1.37. The molecule has 0 aliphatic carbocycles. The molecule has 70 valence electrons. The van der Waals surface area contributed by atoms with Crippen LogP contribution in [0.25, 0.3) is 0 Å². The van der Waals surface area contributed by atoms with E-state index in [4.69, 9.17) is 15.7 Å². The van der Waals surface area contributed by atoms with Gasteiger partial charge in [-0.05, 0) is 33.0 Å². The lowest BCUT2D eigenvalue weighted by atomic mass is 9.90. The molecule has 14 heavy (non-hydrogen) atoms. The molecule has 1 aliphatic heterocycles. The summed E-state index contributed by atoms with van der Waals surface area (Å²) < 4.78 is 0. The van der Waals surface area contributed by atoms with Crippen molar-refractivity contribution in [3.05, 3.63) is 24.3 Å².